The van der Waals surface area contributed by atoms with Crippen LogP contribution in [0, 0.1) is 0 Å². The van der Waals surface area contributed by atoms with E-state index in [1.807, 2.05) is 0 Å². The van der Waals surface area contributed by atoms with E-state index in [0.29, 0.717) is 5.56 Å². The van der Waals surface area contributed by atoms with Crippen LogP contribution in [0.2, 0.25) is 0 Å². The molecule has 3 N–H and O–H groups in total. The van der Waals surface area contributed by atoms with E-state index in [2.05, 4.69) is 5.32 Å². The number of nitrogens with two attached hydrogens (primary N) is 1. The Morgan fingerprint density at radius 3 is 2.14 bits per heavy atom. The van der Waals surface area contributed by atoms with Crippen molar-refractivity contribution >= 4 is 33.7 Å². The van der Waals surface area contributed by atoms with E-state index in [4.69, 9.17) is 9.88 Å². The number of rotatable bonds is 6. The van der Waals surface area contributed by atoms with Gasteiger partial charge in [0.1, 0.15) is 0 Å². The first-order chi connectivity index (χ1) is 13.4. The summed E-state index contributed by atoms with van der Waals surface area (Å²) in [6.07, 6.45) is -2.24. The van der Waals surface area contributed by atoms with Gasteiger partial charge in [-0.05, 0) is 48.0 Å². The van der Waals surface area contributed by atoms with Gasteiger partial charge in [-0.25, -0.2) is 18.4 Å². The zero-order chi connectivity index (χ0) is 21.7. The molecule has 154 valence electrons. The number of halogens is 3. The van der Waals surface area contributed by atoms with Crippen molar-refractivity contribution in [2.24, 2.45) is 5.14 Å². The third-order valence-electron chi connectivity index (χ3n) is 3.46. The molecule has 0 spiro atoms. The number of alkyl halides is 3. The maximum atomic E-state index is 12.5. The normalized spacial score (nSPS) is 12.0. The fourth-order valence-corrected chi connectivity index (χ4v) is 2.57. The van der Waals surface area contributed by atoms with Crippen LogP contribution in [0.1, 0.15) is 11.1 Å². The van der Waals surface area contributed by atoms with Crippen LogP contribution < -0.4 is 10.5 Å². The molecule has 11 heteroatoms. The number of amides is 1. The Labute approximate surface area is 164 Å². The number of hydrogen-bond acceptors (Lipinski definition) is 5. The van der Waals surface area contributed by atoms with Crippen LogP contribution in [0.25, 0.3) is 6.08 Å². The minimum absolute atomic E-state index is 0.129. The SMILES string of the molecule is NS(=O)(=O)c1ccc(NC(=O)COC(=O)/C=C/c2ccc(C(F)(F)F)cc2)cc1. The molecule has 0 radical (unpaired) electrons. The van der Waals surface area contributed by atoms with E-state index in [9.17, 15) is 31.2 Å². The number of sulfonamides is 1. The molecule has 0 saturated heterocycles. The molecule has 0 aromatic heterocycles. The number of carbonyl (C=O) groups is 2. The number of carbonyl (C=O) groups excluding carboxylic acids is 2. The van der Waals surface area contributed by atoms with Gasteiger partial charge in [-0.2, -0.15) is 13.2 Å². The van der Waals surface area contributed by atoms with E-state index < -0.39 is 40.2 Å². The smallest absolute Gasteiger partial charge is 0.416 e. The Hall–Kier alpha value is -3.18. The standard InChI is InChI=1S/C18H15F3N2O5S/c19-18(20,21)13-4-1-12(2-5-13)3-10-17(25)28-11-16(24)23-14-6-8-15(9-7-14)29(22,26)27/h1-10H,11H2,(H,23,24)(H2,22,26,27)/b10-3+. The van der Waals surface area contributed by atoms with Gasteiger partial charge in [-0.1, -0.05) is 12.1 Å². The van der Waals surface area contributed by atoms with Crippen molar-refractivity contribution in [3.63, 3.8) is 0 Å². The zero-order valence-corrected chi connectivity index (χ0v) is 15.5. The number of hydrogen-bond donors (Lipinski definition) is 2. The van der Waals surface area contributed by atoms with Gasteiger partial charge in [0.05, 0.1) is 10.5 Å². The summed E-state index contributed by atoms with van der Waals surface area (Å²) in [7, 11) is -3.85. The Kier molecular flexibility index (Phi) is 6.77. The summed E-state index contributed by atoms with van der Waals surface area (Å²) in [5.74, 6) is -1.55. The number of esters is 1. The number of anilines is 1. The van der Waals surface area contributed by atoms with Gasteiger partial charge in [0.15, 0.2) is 6.61 Å². The van der Waals surface area contributed by atoms with Crippen molar-refractivity contribution in [1.82, 2.24) is 0 Å². The van der Waals surface area contributed by atoms with Crippen LogP contribution in [0.4, 0.5) is 18.9 Å². The van der Waals surface area contributed by atoms with E-state index in [1.54, 1.807) is 0 Å². The average molecular weight is 428 g/mol. The van der Waals surface area contributed by atoms with Crippen molar-refractivity contribution in [2.45, 2.75) is 11.1 Å². The predicted molar refractivity (Wildman–Crippen MR) is 97.9 cm³/mol. The van der Waals surface area contributed by atoms with Crippen molar-refractivity contribution in [3.05, 3.63) is 65.7 Å². The quantitative estimate of drug-likeness (QED) is 0.542. The summed E-state index contributed by atoms with van der Waals surface area (Å²) < 4.78 is 64.4. The summed E-state index contributed by atoms with van der Waals surface area (Å²) in [6.45, 7) is -0.618. The molecule has 0 aliphatic carbocycles. The lowest BCUT2D eigenvalue weighted by Gasteiger charge is -2.06. The molecule has 0 atom stereocenters. The van der Waals surface area contributed by atoms with E-state index in [0.717, 1.165) is 18.2 Å². The largest absolute Gasteiger partial charge is 0.452 e. The molecule has 2 aromatic rings. The first-order valence-corrected chi connectivity index (χ1v) is 9.44. The van der Waals surface area contributed by atoms with Gasteiger partial charge in [0, 0.05) is 11.8 Å². The molecule has 0 saturated carbocycles. The highest BCUT2D eigenvalue weighted by Gasteiger charge is 2.29. The summed E-state index contributed by atoms with van der Waals surface area (Å²) in [6, 6.07) is 9.13. The summed E-state index contributed by atoms with van der Waals surface area (Å²) in [5, 5.41) is 7.34. The van der Waals surface area contributed by atoms with Crippen LogP contribution in [-0.4, -0.2) is 26.9 Å². The molecule has 29 heavy (non-hydrogen) atoms. The van der Waals surface area contributed by atoms with E-state index in [1.165, 1.54) is 42.5 Å². The van der Waals surface area contributed by atoms with Crippen LogP contribution in [0.5, 0.6) is 0 Å². The second kappa shape index (κ2) is 8.88. The van der Waals surface area contributed by atoms with E-state index in [-0.39, 0.29) is 10.6 Å². The first-order valence-electron chi connectivity index (χ1n) is 7.90. The Morgan fingerprint density at radius 2 is 1.62 bits per heavy atom. The van der Waals surface area contributed by atoms with Crippen LogP contribution in [-0.2, 0) is 30.5 Å². The molecule has 0 unspecified atom stereocenters. The minimum atomic E-state index is -4.45. The summed E-state index contributed by atoms with van der Waals surface area (Å²) in [5.41, 5.74) is -0.209. The topological polar surface area (TPSA) is 116 Å². The third kappa shape index (κ3) is 7.05. The van der Waals surface area contributed by atoms with Gasteiger partial charge in [-0.3, -0.25) is 4.79 Å². The molecule has 2 aromatic carbocycles. The van der Waals surface area contributed by atoms with Crippen LogP contribution in [0.15, 0.2) is 59.5 Å². The summed E-state index contributed by atoms with van der Waals surface area (Å²) >= 11 is 0. The first kappa shape index (κ1) is 22.1. The van der Waals surface area contributed by atoms with Crippen molar-refractivity contribution in [3.8, 4) is 0 Å². The fourth-order valence-electron chi connectivity index (χ4n) is 2.06. The highest BCUT2D eigenvalue weighted by molar-refractivity contribution is 7.89. The maximum absolute atomic E-state index is 12.5. The third-order valence-corrected chi connectivity index (χ3v) is 4.39. The average Bonchev–Trinajstić information content (AvgIpc) is 2.64. The molecular weight excluding hydrogens is 413 g/mol. The molecule has 0 heterocycles. The Bertz CT molecular complexity index is 1010. The number of benzene rings is 2. The molecule has 0 aliphatic rings. The lowest BCUT2D eigenvalue weighted by atomic mass is 10.1. The molecule has 0 fully saturated rings. The van der Waals surface area contributed by atoms with Crippen LogP contribution >= 0.6 is 0 Å². The molecular formula is C18H15F3N2O5S. The number of primary sulfonamides is 1. The van der Waals surface area contributed by atoms with Gasteiger partial charge in [-0.15, -0.1) is 0 Å². The Morgan fingerprint density at radius 1 is 1.03 bits per heavy atom. The molecule has 0 bridgehead atoms. The van der Waals surface area contributed by atoms with Gasteiger partial charge >= 0.3 is 12.1 Å². The number of nitrogens with one attached hydrogen (secondary N) is 1. The van der Waals surface area contributed by atoms with Crippen molar-refractivity contribution in [1.29, 1.82) is 0 Å². The lowest BCUT2D eigenvalue weighted by Crippen LogP contribution is -2.20. The summed E-state index contributed by atoms with van der Waals surface area (Å²) in [4.78, 5) is 23.2. The highest BCUT2D eigenvalue weighted by Crippen LogP contribution is 2.29. The second-order valence-corrected chi connectivity index (χ2v) is 7.24. The monoisotopic (exact) mass is 428 g/mol. The minimum Gasteiger partial charge on any atom is -0.452 e. The Balaban J connectivity index is 1.84. The fraction of sp³-hybridized carbons (Fsp3) is 0.111. The van der Waals surface area contributed by atoms with Gasteiger partial charge in [0.2, 0.25) is 10.0 Å². The predicted octanol–water partition coefficient (Wildman–Crippen LogP) is 2.55. The number of ether oxygens (including phenoxy) is 1. The van der Waals surface area contributed by atoms with Gasteiger partial charge in [0.25, 0.3) is 5.91 Å². The second-order valence-electron chi connectivity index (χ2n) is 5.68. The lowest BCUT2D eigenvalue weighted by molar-refractivity contribution is -0.142. The highest BCUT2D eigenvalue weighted by atomic mass is 32.2. The van der Waals surface area contributed by atoms with Crippen LogP contribution in [0.3, 0.4) is 0 Å². The van der Waals surface area contributed by atoms with Crippen molar-refractivity contribution < 1.29 is 35.9 Å². The maximum Gasteiger partial charge on any atom is 0.416 e. The van der Waals surface area contributed by atoms with Gasteiger partial charge < -0.3 is 10.1 Å². The van der Waals surface area contributed by atoms with E-state index >= 15 is 0 Å². The zero-order valence-electron chi connectivity index (χ0n) is 14.6. The molecule has 2 rings (SSSR count). The van der Waals surface area contributed by atoms with Crippen molar-refractivity contribution in [2.75, 3.05) is 11.9 Å². The molecule has 0 aliphatic heterocycles. The molecule has 1 amide bonds. The molecule has 7 nitrogen and oxygen atoms in total.